The Morgan fingerprint density at radius 2 is 2.21 bits per heavy atom. The van der Waals surface area contributed by atoms with Crippen molar-refractivity contribution in [3.05, 3.63) is 23.8 Å². The largest absolute Gasteiger partial charge is 0.497 e. The molecule has 1 aromatic rings. The molecule has 1 aliphatic rings. The molecule has 1 aromatic carbocycles. The van der Waals surface area contributed by atoms with Crippen LogP contribution < -0.4 is 9.47 Å². The van der Waals surface area contributed by atoms with Gasteiger partial charge in [-0.1, -0.05) is 20.3 Å². The van der Waals surface area contributed by atoms with E-state index in [4.69, 9.17) is 9.47 Å². The van der Waals surface area contributed by atoms with Gasteiger partial charge in [0.2, 0.25) is 0 Å². The molecule has 3 heteroatoms. The van der Waals surface area contributed by atoms with Gasteiger partial charge in [0.15, 0.2) is 0 Å². The fraction of sp³-hybridized carbons (Fsp3) is 0.625. The van der Waals surface area contributed by atoms with Gasteiger partial charge in [0, 0.05) is 18.1 Å². The average Bonchev–Trinajstić information content (AvgIpc) is 2.44. The Kier molecular flexibility index (Phi) is 4.35. The number of rotatable bonds is 5. The smallest absolute Gasteiger partial charge is 0.129 e. The molecule has 1 unspecified atom stereocenters. The zero-order valence-corrected chi connectivity index (χ0v) is 12.1. The Balaban J connectivity index is 2.29. The molecule has 0 amide bonds. The van der Waals surface area contributed by atoms with E-state index in [0.29, 0.717) is 6.42 Å². The Morgan fingerprint density at radius 3 is 2.84 bits per heavy atom. The molecule has 0 spiro atoms. The van der Waals surface area contributed by atoms with Crippen LogP contribution in [0.1, 0.15) is 57.6 Å². The van der Waals surface area contributed by atoms with Crippen LogP contribution in [0.3, 0.4) is 0 Å². The van der Waals surface area contributed by atoms with Crippen molar-refractivity contribution in [2.45, 2.75) is 57.7 Å². The molecule has 2 atom stereocenters. The number of aliphatic hydroxyl groups is 1. The van der Waals surface area contributed by atoms with Crippen LogP contribution >= 0.6 is 0 Å². The Hall–Kier alpha value is -1.22. The van der Waals surface area contributed by atoms with Crippen LogP contribution in [0.15, 0.2) is 18.2 Å². The van der Waals surface area contributed by atoms with Crippen molar-refractivity contribution in [3.63, 3.8) is 0 Å². The zero-order valence-electron chi connectivity index (χ0n) is 12.1. The topological polar surface area (TPSA) is 38.7 Å². The predicted molar refractivity (Wildman–Crippen MR) is 75.7 cm³/mol. The normalized spacial score (nSPS) is 25.6. The highest BCUT2D eigenvalue weighted by Gasteiger charge is 2.38. The lowest BCUT2D eigenvalue weighted by Crippen LogP contribution is -2.40. The van der Waals surface area contributed by atoms with E-state index in [1.807, 2.05) is 18.2 Å². The first kappa shape index (κ1) is 14.2. The first-order valence-corrected chi connectivity index (χ1v) is 7.19. The Bertz CT molecular complexity index is 430. The van der Waals surface area contributed by atoms with Crippen LogP contribution in [0.2, 0.25) is 0 Å². The van der Waals surface area contributed by atoms with Crippen LogP contribution in [0.4, 0.5) is 0 Å². The van der Waals surface area contributed by atoms with Gasteiger partial charge in [-0.3, -0.25) is 0 Å². The van der Waals surface area contributed by atoms with E-state index in [2.05, 4.69) is 13.8 Å². The fourth-order valence-electron chi connectivity index (χ4n) is 2.79. The number of aliphatic hydroxyl groups excluding tert-OH is 1. The lowest BCUT2D eigenvalue weighted by Gasteiger charge is -2.40. The number of ether oxygens (including phenoxy) is 2. The monoisotopic (exact) mass is 264 g/mol. The summed E-state index contributed by atoms with van der Waals surface area (Å²) in [5.41, 5.74) is 0.649. The van der Waals surface area contributed by atoms with Gasteiger partial charge >= 0.3 is 0 Å². The van der Waals surface area contributed by atoms with Crippen molar-refractivity contribution < 1.29 is 14.6 Å². The van der Waals surface area contributed by atoms with E-state index < -0.39 is 6.10 Å². The van der Waals surface area contributed by atoms with Crippen LogP contribution in [-0.2, 0) is 0 Å². The second-order valence-electron chi connectivity index (χ2n) is 5.37. The highest BCUT2D eigenvalue weighted by atomic mass is 16.5. The number of hydrogen-bond donors (Lipinski definition) is 1. The van der Waals surface area contributed by atoms with Crippen LogP contribution in [-0.4, -0.2) is 17.8 Å². The van der Waals surface area contributed by atoms with Gasteiger partial charge < -0.3 is 14.6 Å². The van der Waals surface area contributed by atoms with Crippen LogP contribution in [0.5, 0.6) is 11.5 Å². The number of methoxy groups -OCH3 is 1. The summed E-state index contributed by atoms with van der Waals surface area (Å²) in [5, 5.41) is 10.4. The minimum absolute atomic E-state index is 0.227. The molecule has 106 valence electrons. The van der Waals surface area contributed by atoms with Crippen molar-refractivity contribution in [1.29, 1.82) is 0 Å². The Morgan fingerprint density at radius 1 is 1.42 bits per heavy atom. The second kappa shape index (κ2) is 5.83. The van der Waals surface area contributed by atoms with Gasteiger partial charge in [0.1, 0.15) is 17.1 Å². The first-order valence-electron chi connectivity index (χ1n) is 7.19. The standard InChI is InChI=1S/C16H24O3/c1-4-6-9-16(5-2)11-14(17)13-8-7-12(18-3)10-15(13)19-16/h7-8,10,14,17H,4-6,9,11H2,1-3H3/t14-,16?/m1/s1. The molecule has 0 bridgehead atoms. The summed E-state index contributed by atoms with van der Waals surface area (Å²) in [6.07, 6.45) is 4.43. The molecule has 2 rings (SSSR count). The van der Waals surface area contributed by atoms with E-state index in [0.717, 1.165) is 42.7 Å². The molecule has 0 saturated heterocycles. The molecular formula is C16H24O3. The number of fused-ring (bicyclic) bond motifs is 1. The predicted octanol–water partition coefficient (Wildman–Crippen LogP) is 3.85. The third kappa shape index (κ3) is 2.86. The minimum atomic E-state index is -0.438. The zero-order chi connectivity index (χ0) is 13.9. The third-order valence-electron chi connectivity index (χ3n) is 4.10. The van der Waals surface area contributed by atoms with E-state index in [-0.39, 0.29) is 5.60 Å². The summed E-state index contributed by atoms with van der Waals surface area (Å²) in [7, 11) is 1.64. The molecule has 1 heterocycles. The third-order valence-corrected chi connectivity index (χ3v) is 4.10. The first-order chi connectivity index (χ1) is 9.14. The number of benzene rings is 1. The summed E-state index contributed by atoms with van der Waals surface area (Å²) < 4.78 is 11.5. The lowest BCUT2D eigenvalue weighted by molar-refractivity contribution is -0.0242. The van der Waals surface area contributed by atoms with Gasteiger partial charge in [-0.25, -0.2) is 0 Å². The van der Waals surface area contributed by atoms with Crippen molar-refractivity contribution in [2.75, 3.05) is 7.11 Å². The van der Waals surface area contributed by atoms with Gasteiger partial charge in [0.05, 0.1) is 13.2 Å². The summed E-state index contributed by atoms with van der Waals surface area (Å²) in [6.45, 7) is 4.31. The highest BCUT2D eigenvalue weighted by molar-refractivity contribution is 5.44. The Labute approximate surface area is 115 Å². The highest BCUT2D eigenvalue weighted by Crippen LogP contribution is 2.44. The maximum atomic E-state index is 10.4. The molecule has 0 saturated carbocycles. The molecule has 0 fully saturated rings. The number of hydrogen-bond acceptors (Lipinski definition) is 3. The van der Waals surface area contributed by atoms with E-state index in [1.54, 1.807) is 7.11 Å². The van der Waals surface area contributed by atoms with Crippen molar-refractivity contribution in [1.82, 2.24) is 0 Å². The van der Waals surface area contributed by atoms with Crippen LogP contribution in [0.25, 0.3) is 0 Å². The molecule has 0 aliphatic carbocycles. The summed E-state index contributed by atoms with van der Waals surface area (Å²) in [6, 6.07) is 5.66. The maximum Gasteiger partial charge on any atom is 0.129 e. The quantitative estimate of drug-likeness (QED) is 0.878. The van der Waals surface area contributed by atoms with Gasteiger partial charge in [-0.05, 0) is 31.4 Å². The maximum absolute atomic E-state index is 10.4. The molecule has 19 heavy (non-hydrogen) atoms. The van der Waals surface area contributed by atoms with Crippen molar-refractivity contribution >= 4 is 0 Å². The van der Waals surface area contributed by atoms with Gasteiger partial charge in [-0.15, -0.1) is 0 Å². The lowest BCUT2D eigenvalue weighted by atomic mass is 9.83. The van der Waals surface area contributed by atoms with E-state index in [1.165, 1.54) is 0 Å². The number of unbranched alkanes of at least 4 members (excludes halogenated alkanes) is 1. The molecule has 3 nitrogen and oxygen atoms in total. The summed E-state index contributed by atoms with van der Waals surface area (Å²) in [4.78, 5) is 0. The molecule has 1 N–H and O–H groups in total. The van der Waals surface area contributed by atoms with E-state index in [9.17, 15) is 5.11 Å². The summed E-state index contributed by atoms with van der Waals surface area (Å²) in [5.74, 6) is 1.55. The molecule has 0 radical (unpaired) electrons. The molecule has 0 aromatic heterocycles. The van der Waals surface area contributed by atoms with Crippen LogP contribution in [0, 0.1) is 0 Å². The molecular weight excluding hydrogens is 240 g/mol. The second-order valence-corrected chi connectivity index (χ2v) is 5.37. The average molecular weight is 264 g/mol. The van der Waals surface area contributed by atoms with Crippen molar-refractivity contribution in [2.24, 2.45) is 0 Å². The van der Waals surface area contributed by atoms with Gasteiger partial charge in [-0.2, -0.15) is 0 Å². The van der Waals surface area contributed by atoms with Gasteiger partial charge in [0.25, 0.3) is 0 Å². The van der Waals surface area contributed by atoms with E-state index >= 15 is 0 Å². The van der Waals surface area contributed by atoms with Crippen molar-refractivity contribution in [3.8, 4) is 11.5 Å². The minimum Gasteiger partial charge on any atom is -0.497 e. The fourth-order valence-corrected chi connectivity index (χ4v) is 2.79. The summed E-state index contributed by atoms with van der Waals surface area (Å²) >= 11 is 0. The SMILES string of the molecule is CCCCC1(CC)C[C@@H](O)c2ccc(OC)cc2O1. The molecule has 1 aliphatic heterocycles.